The molecule has 0 aromatic carbocycles. The van der Waals surface area contributed by atoms with Crippen molar-refractivity contribution in [2.45, 2.75) is 43.9 Å². The molecule has 2 aliphatic heterocycles. The van der Waals surface area contributed by atoms with E-state index in [2.05, 4.69) is 16.0 Å². The molecule has 3 heteroatoms. The minimum absolute atomic E-state index is 0.0949. The number of fused-ring (bicyclic) bond motifs is 2. The molecule has 0 saturated carbocycles. The average molecular weight is 204 g/mol. The molecule has 80 valence electrons. The summed E-state index contributed by atoms with van der Waals surface area (Å²) in [4.78, 5) is 6.82. The molecule has 1 aromatic heterocycles. The summed E-state index contributed by atoms with van der Waals surface area (Å²) in [5.74, 6) is 1.08. The van der Waals surface area contributed by atoms with Crippen LogP contribution in [0.3, 0.4) is 0 Å². The van der Waals surface area contributed by atoms with Crippen LogP contribution in [0.5, 0.6) is 0 Å². The van der Waals surface area contributed by atoms with Crippen molar-refractivity contribution < 1.29 is 5.11 Å². The Bertz CT molecular complexity index is 327. The number of nitrogens with zero attached hydrogens (tertiary/aromatic N) is 2. The average Bonchev–Trinajstić information content (AvgIpc) is 2.53. The lowest BCUT2D eigenvalue weighted by atomic mass is 10.00. The van der Waals surface area contributed by atoms with Crippen molar-refractivity contribution in [2.24, 2.45) is 0 Å². The summed E-state index contributed by atoms with van der Waals surface area (Å²) in [7, 11) is 0. The lowest BCUT2D eigenvalue weighted by Gasteiger charge is -2.38. The molecule has 0 amide bonds. The van der Waals surface area contributed by atoms with Gasteiger partial charge in [-0.3, -0.25) is 0 Å². The van der Waals surface area contributed by atoms with Crippen LogP contribution in [-0.2, 0) is 0 Å². The van der Waals surface area contributed by atoms with Crippen LogP contribution in [0, 0.1) is 0 Å². The van der Waals surface area contributed by atoms with E-state index in [-0.39, 0.29) is 6.10 Å². The van der Waals surface area contributed by atoms with E-state index in [0.29, 0.717) is 12.1 Å². The van der Waals surface area contributed by atoms with Gasteiger partial charge in [0.05, 0.1) is 6.10 Å². The highest BCUT2D eigenvalue weighted by molar-refractivity contribution is 5.43. The summed E-state index contributed by atoms with van der Waals surface area (Å²) < 4.78 is 0. The molecule has 1 unspecified atom stereocenters. The fourth-order valence-corrected chi connectivity index (χ4v) is 3.03. The molecule has 3 heterocycles. The molecule has 0 spiro atoms. The zero-order chi connectivity index (χ0) is 10.3. The van der Waals surface area contributed by atoms with Gasteiger partial charge in [0.1, 0.15) is 5.82 Å². The first kappa shape index (κ1) is 9.16. The number of piperidine rings is 1. The Morgan fingerprint density at radius 1 is 1.20 bits per heavy atom. The Labute approximate surface area is 89.7 Å². The number of rotatable bonds is 1. The van der Waals surface area contributed by atoms with Crippen molar-refractivity contribution in [3.63, 3.8) is 0 Å². The highest BCUT2D eigenvalue weighted by Crippen LogP contribution is 2.38. The Morgan fingerprint density at radius 2 is 1.93 bits per heavy atom. The molecular formula is C12H16N2O. The van der Waals surface area contributed by atoms with E-state index in [1.54, 1.807) is 0 Å². The smallest absolute Gasteiger partial charge is 0.128 e. The first-order valence-electron chi connectivity index (χ1n) is 5.72. The van der Waals surface area contributed by atoms with Gasteiger partial charge in [0.2, 0.25) is 0 Å². The first-order valence-corrected chi connectivity index (χ1v) is 5.72. The van der Waals surface area contributed by atoms with E-state index in [0.717, 1.165) is 18.7 Å². The van der Waals surface area contributed by atoms with Crippen LogP contribution in [0.4, 0.5) is 5.82 Å². The second kappa shape index (κ2) is 3.49. The van der Waals surface area contributed by atoms with E-state index in [9.17, 15) is 5.11 Å². The quantitative estimate of drug-likeness (QED) is 0.754. The second-order valence-corrected chi connectivity index (χ2v) is 4.61. The van der Waals surface area contributed by atoms with E-state index >= 15 is 0 Å². The molecule has 0 radical (unpaired) electrons. The van der Waals surface area contributed by atoms with Gasteiger partial charge in [-0.05, 0) is 37.8 Å². The lowest BCUT2D eigenvalue weighted by Crippen LogP contribution is -2.45. The van der Waals surface area contributed by atoms with Crippen molar-refractivity contribution in [3.8, 4) is 0 Å². The number of hydrogen-bond donors (Lipinski definition) is 1. The highest BCUT2D eigenvalue weighted by atomic mass is 16.3. The topological polar surface area (TPSA) is 36.4 Å². The van der Waals surface area contributed by atoms with Gasteiger partial charge in [-0.1, -0.05) is 6.07 Å². The molecular weight excluding hydrogens is 188 g/mol. The largest absolute Gasteiger partial charge is 0.393 e. The van der Waals surface area contributed by atoms with Crippen molar-refractivity contribution in [3.05, 3.63) is 24.4 Å². The highest BCUT2D eigenvalue weighted by Gasteiger charge is 2.40. The fraction of sp³-hybridized carbons (Fsp3) is 0.583. The number of aliphatic hydroxyl groups is 1. The van der Waals surface area contributed by atoms with E-state index in [1.165, 1.54) is 12.8 Å². The van der Waals surface area contributed by atoms with E-state index in [4.69, 9.17) is 0 Å². The van der Waals surface area contributed by atoms with Crippen molar-refractivity contribution in [1.29, 1.82) is 0 Å². The molecule has 3 nitrogen and oxygen atoms in total. The van der Waals surface area contributed by atoms with Crippen molar-refractivity contribution in [1.82, 2.24) is 4.98 Å². The van der Waals surface area contributed by atoms with Crippen molar-refractivity contribution in [2.75, 3.05) is 4.90 Å². The molecule has 3 atom stereocenters. The molecule has 3 rings (SSSR count). The minimum atomic E-state index is -0.0949. The van der Waals surface area contributed by atoms with Gasteiger partial charge < -0.3 is 10.0 Å². The van der Waals surface area contributed by atoms with Gasteiger partial charge in [-0.2, -0.15) is 0 Å². The maximum Gasteiger partial charge on any atom is 0.128 e. The van der Waals surface area contributed by atoms with E-state index in [1.807, 2.05) is 18.3 Å². The fourth-order valence-electron chi connectivity index (χ4n) is 3.03. The SMILES string of the molecule is OC1C[C@H]2CC[C@@H](C1)N2c1ccccn1. The normalized spacial score (nSPS) is 34.5. The van der Waals surface area contributed by atoms with Gasteiger partial charge in [0, 0.05) is 18.3 Å². The van der Waals surface area contributed by atoms with Gasteiger partial charge >= 0.3 is 0 Å². The molecule has 0 aliphatic carbocycles. The van der Waals surface area contributed by atoms with Crippen LogP contribution < -0.4 is 4.90 Å². The monoisotopic (exact) mass is 204 g/mol. The number of hydrogen-bond acceptors (Lipinski definition) is 3. The summed E-state index contributed by atoms with van der Waals surface area (Å²) in [6.07, 6.45) is 5.98. The van der Waals surface area contributed by atoms with Crippen LogP contribution in [0.2, 0.25) is 0 Å². The third kappa shape index (κ3) is 1.51. The van der Waals surface area contributed by atoms with Crippen LogP contribution >= 0.6 is 0 Å². The second-order valence-electron chi connectivity index (χ2n) is 4.61. The predicted octanol–water partition coefficient (Wildman–Crippen LogP) is 1.57. The molecule has 1 N–H and O–H groups in total. The van der Waals surface area contributed by atoms with Crippen LogP contribution in [-0.4, -0.2) is 28.3 Å². The van der Waals surface area contributed by atoms with Crippen LogP contribution in [0.15, 0.2) is 24.4 Å². The third-order valence-electron chi connectivity index (χ3n) is 3.62. The molecule has 2 bridgehead atoms. The Kier molecular flexibility index (Phi) is 2.13. The minimum Gasteiger partial charge on any atom is -0.393 e. The molecule has 2 fully saturated rings. The van der Waals surface area contributed by atoms with Crippen LogP contribution in [0.25, 0.3) is 0 Å². The summed E-state index contributed by atoms with van der Waals surface area (Å²) in [6, 6.07) is 7.07. The molecule has 15 heavy (non-hydrogen) atoms. The molecule has 1 aromatic rings. The van der Waals surface area contributed by atoms with E-state index < -0.39 is 0 Å². The Morgan fingerprint density at radius 3 is 2.53 bits per heavy atom. The Balaban J connectivity index is 1.89. The summed E-state index contributed by atoms with van der Waals surface area (Å²) in [5, 5.41) is 9.71. The van der Waals surface area contributed by atoms with Gasteiger partial charge in [0.15, 0.2) is 0 Å². The number of anilines is 1. The maximum atomic E-state index is 9.71. The number of aromatic nitrogens is 1. The molecule has 2 saturated heterocycles. The lowest BCUT2D eigenvalue weighted by molar-refractivity contribution is 0.126. The summed E-state index contributed by atoms with van der Waals surface area (Å²) in [6.45, 7) is 0. The van der Waals surface area contributed by atoms with Crippen LogP contribution in [0.1, 0.15) is 25.7 Å². The summed E-state index contributed by atoms with van der Waals surface area (Å²) >= 11 is 0. The van der Waals surface area contributed by atoms with Gasteiger partial charge in [-0.15, -0.1) is 0 Å². The number of pyridine rings is 1. The summed E-state index contributed by atoms with van der Waals surface area (Å²) in [5.41, 5.74) is 0. The standard InChI is InChI=1S/C12H16N2O/c15-11-7-9-4-5-10(8-11)14(9)12-3-1-2-6-13-12/h1-3,6,9-11,15H,4-5,7-8H2/t9-,10+,11?. The zero-order valence-corrected chi connectivity index (χ0v) is 8.71. The van der Waals surface area contributed by atoms with Crippen molar-refractivity contribution >= 4 is 5.82 Å². The van der Waals surface area contributed by atoms with Gasteiger partial charge in [0.25, 0.3) is 0 Å². The Hall–Kier alpha value is -1.09. The molecule has 2 aliphatic rings. The van der Waals surface area contributed by atoms with Gasteiger partial charge in [-0.25, -0.2) is 4.98 Å². The zero-order valence-electron chi connectivity index (χ0n) is 8.71. The maximum absolute atomic E-state index is 9.71. The predicted molar refractivity (Wildman–Crippen MR) is 58.8 cm³/mol. The first-order chi connectivity index (χ1) is 7.34. The number of aliphatic hydroxyl groups excluding tert-OH is 1. The third-order valence-corrected chi connectivity index (χ3v) is 3.62.